The number of halogens is 4. The number of fused-ring (bicyclic) bond motifs is 5. The lowest BCUT2D eigenvalue weighted by molar-refractivity contribution is -0.205. The van der Waals surface area contributed by atoms with E-state index in [0.717, 1.165) is 6.07 Å². The van der Waals surface area contributed by atoms with Crippen molar-refractivity contribution in [2.45, 2.75) is 64.3 Å². The predicted octanol–water partition coefficient (Wildman–Crippen LogP) is 2.63. The van der Waals surface area contributed by atoms with Crippen molar-refractivity contribution in [3.63, 3.8) is 0 Å². The zero-order valence-electron chi connectivity index (χ0n) is 20.9. The molecule has 1 aromatic carbocycles. The van der Waals surface area contributed by atoms with Crippen LogP contribution in [0.4, 0.5) is 17.6 Å². The summed E-state index contributed by atoms with van der Waals surface area (Å²) in [6.07, 6.45) is -8.54. The van der Waals surface area contributed by atoms with Crippen molar-refractivity contribution in [1.82, 2.24) is 14.9 Å². The number of aliphatic hydroxyl groups is 2. The second kappa shape index (κ2) is 8.85. The van der Waals surface area contributed by atoms with Crippen LogP contribution in [0.5, 0.6) is 0 Å². The van der Waals surface area contributed by atoms with Gasteiger partial charge in [-0.1, -0.05) is 6.92 Å². The van der Waals surface area contributed by atoms with E-state index in [0.29, 0.717) is 10.9 Å². The number of nitrogens with zero attached hydrogens (tertiary/aromatic N) is 2. The van der Waals surface area contributed by atoms with E-state index in [1.165, 1.54) is 30.5 Å². The van der Waals surface area contributed by atoms with Gasteiger partial charge in [-0.05, 0) is 43.5 Å². The Hall–Kier alpha value is -3.84. The van der Waals surface area contributed by atoms with Crippen LogP contribution >= 0.6 is 0 Å². The van der Waals surface area contributed by atoms with E-state index < -0.39 is 47.2 Å². The standard InChI is InChI=1S/C26H23F4N3O6/c1-4-25(38)15-6-18-20-13(8-33(18)23(36)14(15)9-39-24(25)37)19(11(3)31-22(35)21(34)26(28,29)30)12-5-10(2)16(27)7-17(12)32-20/h5-7,11,21,34,38H,4,8-9H2,1-3H3,(H,31,35)/t11-,21-,25-/m0/s1. The van der Waals surface area contributed by atoms with Crippen molar-refractivity contribution < 1.29 is 42.1 Å². The number of hydrogen-bond acceptors (Lipinski definition) is 7. The fourth-order valence-electron chi connectivity index (χ4n) is 5.25. The molecule has 9 nitrogen and oxygen atoms in total. The molecular formula is C26H23F4N3O6. The summed E-state index contributed by atoms with van der Waals surface area (Å²) in [4.78, 5) is 42.7. The summed E-state index contributed by atoms with van der Waals surface area (Å²) in [6.45, 7) is 3.96. The van der Waals surface area contributed by atoms with E-state index >= 15 is 0 Å². The van der Waals surface area contributed by atoms with E-state index in [1.807, 2.05) is 0 Å². The third kappa shape index (κ3) is 3.98. The minimum Gasteiger partial charge on any atom is -0.458 e. The molecule has 0 unspecified atom stereocenters. The van der Waals surface area contributed by atoms with Crippen LogP contribution in [0.15, 0.2) is 23.0 Å². The summed E-state index contributed by atoms with van der Waals surface area (Å²) in [7, 11) is 0. The molecule has 0 saturated heterocycles. The first-order valence-electron chi connectivity index (χ1n) is 12.0. The van der Waals surface area contributed by atoms with Crippen LogP contribution in [0.25, 0.3) is 22.3 Å². The summed E-state index contributed by atoms with van der Waals surface area (Å²) < 4.78 is 59.8. The molecule has 3 N–H and O–H groups in total. The van der Waals surface area contributed by atoms with Gasteiger partial charge in [0.05, 0.1) is 35.1 Å². The number of cyclic esters (lactones) is 1. The highest BCUT2D eigenvalue weighted by Crippen LogP contribution is 2.42. The molecule has 3 atom stereocenters. The number of carbonyl (C=O) groups is 2. The highest BCUT2D eigenvalue weighted by Gasteiger charge is 2.46. The third-order valence-electron chi connectivity index (χ3n) is 7.36. The maximum atomic E-state index is 14.5. The average molecular weight is 549 g/mol. The van der Waals surface area contributed by atoms with Crippen molar-refractivity contribution in [3.8, 4) is 11.4 Å². The molecule has 1 amide bonds. The molecule has 206 valence electrons. The van der Waals surface area contributed by atoms with E-state index in [4.69, 9.17) is 4.74 Å². The van der Waals surface area contributed by atoms with Crippen molar-refractivity contribution in [2.24, 2.45) is 0 Å². The number of nitrogens with one attached hydrogen (secondary N) is 1. The molecule has 13 heteroatoms. The summed E-state index contributed by atoms with van der Waals surface area (Å²) >= 11 is 0. The number of hydrogen-bond donors (Lipinski definition) is 3. The van der Waals surface area contributed by atoms with Crippen molar-refractivity contribution in [3.05, 3.63) is 62.2 Å². The lowest BCUT2D eigenvalue weighted by atomic mass is 9.86. The molecule has 3 aromatic rings. The van der Waals surface area contributed by atoms with Gasteiger partial charge in [0.2, 0.25) is 6.10 Å². The first-order valence-corrected chi connectivity index (χ1v) is 12.0. The van der Waals surface area contributed by atoms with E-state index in [2.05, 4.69) is 10.3 Å². The zero-order valence-corrected chi connectivity index (χ0v) is 20.9. The minimum absolute atomic E-state index is 0.0542. The first-order chi connectivity index (χ1) is 18.2. The van der Waals surface area contributed by atoms with Crippen molar-refractivity contribution >= 4 is 22.8 Å². The Balaban J connectivity index is 1.74. The van der Waals surface area contributed by atoms with Crippen molar-refractivity contribution in [2.75, 3.05) is 0 Å². The second-order valence-electron chi connectivity index (χ2n) is 9.75. The maximum absolute atomic E-state index is 14.5. The quantitative estimate of drug-likeness (QED) is 0.264. The Morgan fingerprint density at radius 2 is 1.95 bits per heavy atom. The number of aryl methyl sites for hydroxylation is 1. The minimum atomic E-state index is -5.19. The lowest BCUT2D eigenvalue weighted by Gasteiger charge is -2.31. The first kappa shape index (κ1) is 26.8. The number of carbonyl (C=O) groups excluding carboxylic acids is 2. The van der Waals surface area contributed by atoms with Crippen LogP contribution in [0.2, 0.25) is 0 Å². The van der Waals surface area contributed by atoms with Gasteiger partial charge in [-0.25, -0.2) is 14.2 Å². The van der Waals surface area contributed by atoms with Crippen LogP contribution in [0, 0.1) is 12.7 Å². The normalized spacial score (nSPS) is 19.7. The van der Waals surface area contributed by atoms with Gasteiger partial charge in [-0.15, -0.1) is 0 Å². The number of amides is 1. The molecule has 0 radical (unpaired) electrons. The van der Waals surface area contributed by atoms with Gasteiger partial charge in [0, 0.05) is 22.6 Å². The number of rotatable bonds is 4. The molecule has 0 bridgehead atoms. The fraction of sp³-hybridized carbons (Fsp3) is 0.385. The summed E-state index contributed by atoms with van der Waals surface area (Å²) in [5, 5.41) is 23.0. The number of esters is 1. The molecule has 2 aromatic heterocycles. The Morgan fingerprint density at radius 1 is 1.26 bits per heavy atom. The number of aliphatic hydroxyl groups excluding tert-OH is 1. The number of aromatic nitrogens is 2. The summed E-state index contributed by atoms with van der Waals surface area (Å²) in [5.74, 6) is -3.20. The summed E-state index contributed by atoms with van der Waals surface area (Å²) in [5.41, 5.74) is -1.18. The fourth-order valence-corrected chi connectivity index (χ4v) is 5.25. The third-order valence-corrected chi connectivity index (χ3v) is 7.36. The highest BCUT2D eigenvalue weighted by molar-refractivity contribution is 5.91. The number of alkyl halides is 3. The molecule has 0 saturated carbocycles. The molecule has 5 rings (SSSR count). The molecule has 0 fully saturated rings. The van der Waals surface area contributed by atoms with Crippen LogP contribution in [0.1, 0.15) is 54.1 Å². The van der Waals surface area contributed by atoms with Gasteiger partial charge in [-0.3, -0.25) is 9.59 Å². The van der Waals surface area contributed by atoms with Crippen LogP contribution in [-0.2, 0) is 33.1 Å². The topological polar surface area (TPSA) is 131 Å². The van der Waals surface area contributed by atoms with Gasteiger partial charge in [0.15, 0.2) is 5.60 Å². The molecule has 2 aliphatic rings. The van der Waals surface area contributed by atoms with Crippen LogP contribution < -0.4 is 10.9 Å². The lowest BCUT2D eigenvalue weighted by Crippen LogP contribution is -2.45. The van der Waals surface area contributed by atoms with Gasteiger partial charge in [0.1, 0.15) is 12.4 Å². The van der Waals surface area contributed by atoms with Crippen molar-refractivity contribution in [1.29, 1.82) is 0 Å². The molecule has 0 aliphatic carbocycles. The molecular weight excluding hydrogens is 526 g/mol. The van der Waals surface area contributed by atoms with E-state index in [1.54, 1.807) is 6.92 Å². The van der Waals surface area contributed by atoms with Gasteiger partial charge in [0.25, 0.3) is 11.5 Å². The van der Waals surface area contributed by atoms with E-state index in [9.17, 15) is 42.2 Å². The zero-order chi connectivity index (χ0) is 28.6. The molecule has 4 heterocycles. The number of ether oxygens (including phenoxy) is 1. The monoisotopic (exact) mass is 549 g/mol. The smallest absolute Gasteiger partial charge is 0.423 e. The maximum Gasteiger partial charge on any atom is 0.423 e. The highest BCUT2D eigenvalue weighted by atomic mass is 19.4. The predicted molar refractivity (Wildman–Crippen MR) is 128 cm³/mol. The Morgan fingerprint density at radius 3 is 2.59 bits per heavy atom. The molecule has 2 aliphatic heterocycles. The van der Waals surface area contributed by atoms with Crippen LogP contribution in [-0.4, -0.2) is 43.9 Å². The summed E-state index contributed by atoms with van der Waals surface area (Å²) in [6, 6.07) is 2.88. The second-order valence-corrected chi connectivity index (χ2v) is 9.75. The van der Waals surface area contributed by atoms with Gasteiger partial charge >= 0.3 is 12.1 Å². The van der Waals surface area contributed by atoms with E-state index in [-0.39, 0.29) is 58.7 Å². The molecule has 39 heavy (non-hydrogen) atoms. The molecule has 0 spiro atoms. The largest absolute Gasteiger partial charge is 0.458 e. The number of pyridine rings is 2. The van der Waals surface area contributed by atoms with Gasteiger partial charge in [-0.2, -0.15) is 13.2 Å². The average Bonchev–Trinajstić information content (AvgIpc) is 3.23. The Kier molecular flexibility index (Phi) is 6.07. The number of benzene rings is 1. The SMILES string of the molecule is CC[C@@]1(O)C(=O)OCc2c1cc1n(c2=O)Cc2c-1nc1cc(F)c(C)cc1c2[C@H](C)NC(=O)[C@H](O)C(F)(F)F. The Labute approximate surface area is 218 Å². The Bertz CT molecular complexity index is 1630. The van der Waals surface area contributed by atoms with Crippen LogP contribution in [0.3, 0.4) is 0 Å². The van der Waals surface area contributed by atoms with Gasteiger partial charge < -0.3 is 24.8 Å².